The van der Waals surface area contributed by atoms with E-state index < -0.39 is 0 Å². The Hall–Kier alpha value is -0.0800. The standard InChI is InChI=1S/C22H43N5.HI/c1-3-23-22(24-13-6-4-7-14-27-15-8-5-9-16-27)25-19-17-20-11-10-12-21(18-19)26(20)2;/h19-21H,3-18H2,1-2H3,(H2,23,24,25);1H. The minimum Gasteiger partial charge on any atom is -0.357 e. The van der Waals surface area contributed by atoms with Crippen molar-refractivity contribution in [1.29, 1.82) is 0 Å². The lowest BCUT2D eigenvalue weighted by molar-refractivity contribution is 0.0526. The molecule has 2 atom stereocenters. The first-order valence-electron chi connectivity index (χ1n) is 11.8. The van der Waals surface area contributed by atoms with Crippen molar-refractivity contribution in [1.82, 2.24) is 20.4 Å². The molecule has 3 saturated heterocycles. The van der Waals surface area contributed by atoms with Crippen LogP contribution in [0.1, 0.15) is 77.6 Å². The summed E-state index contributed by atoms with van der Waals surface area (Å²) in [5.74, 6) is 1.04. The Morgan fingerprint density at radius 2 is 1.68 bits per heavy atom. The van der Waals surface area contributed by atoms with Crippen molar-refractivity contribution in [3.8, 4) is 0 Å². The summed E-state index contributed by atoms with van der Waals surface area (Å²) in [6, 6.07) is 2.13. The van der Waals surface area contributed by atoms with Crippen LogP contribution in [0.3, 0.4) is 0 Å². The van der Waals surface area contributed by atoms with E-state index in [9.17, 15) is 0 Å². The number of hydrogen-bond donors (Lipinski definition) is 2. The molecular weight excluding hydrogens is 461 g/mol. The van der Waals surface area contributed by atoms with E-state index in [-0.39, 0.29) is 24.0 Å². The van der Waals surface area contributed by atoms with Crippen molar-refractivity contribution < 1.29 is 0 Å². The Balaban J connectivity index is 0.00000280. The first-order chi connectivity index (χ1) is 13.3. The number of rotatable bonds is 8. The van der Waals surface area contributed by atoms with Crippen LogP contribution < -0.4 is 10.6 Å². The molecule has 0 saturated carbocycles. The van der Waals surface area contributed by atoms with E-state index in [4.69, 9.17) is 4.99 Å². The fourth-order valence-electron chi connectivity index (χ4n) is 5.24. The van der Waals surface area contributed by atoms with Crippen LogP contribution in [0.2, 0.25) is 0 Å². The summed E-state index contributed by atoms with van der Waals surface area (Å²) < 4.78 is 0. The fraction of sp³-hybridized carbons (Fsp3) is 0.955. The lowest BCUT2D eigenvalue weighted by Crippen LogP contribution is -2.56. The minimum absolute atomic E-state index is 0. The first-order valence-corrected chi connectivity index (χ1v) is 11.8. The van der Waals surface area contributed by atoms with Gasteiger partial charge in [-0.3, -0.25) is 4.99 Å². The molecule has 5 nitrogen and oxygen atoms in total. The smallest absolute Gasteiger partial charge is 0.191 e. The van der Waals surface area contributed by atoms with E-state index in [1.165, 1.54) is 90.3 Å². The molecule has 3 aliphatic heterocycles. The highest BCUT2D eigenvalue weighted by Crippen LogP contribution is 2.32. The van der Waals surface area contributed by atoms with Gasteiger partial charge in [-0.2, -0.15) is 0 Å². The normalized spacial score (nSPS) is 29.2. The van der Waals surface area contributed by atoms with Gasteiger partial charge in [0.15, 0.2) is 5.96 Å². The molecule has 0 aromatic carbocycles. The highest BCUT2D eigenvalue weighted by molar-refractivity contribution is 14.0. The Bertz CT molecular complexity index is 438. The quantitative estimate of drug-likeness (QED) is 0.228. The molecule has 0 aromatic heterocycles. The summed E-state index contributed by atoms with van der Waals surface area (Å²) in [5, 5.41) is 7.22. The van der Waals surface area contributed by atoms with Gasteiger partial charge >= 0.3 is 0 Å². The third kappa shape index (κ3) is 7.63. The van der Waals surface area contributed by atoms with Crippen LogP contribution in [-0.2, 0) is 0 Å². The van der Waals surface area contributed by atoms with Crippen LogP contribution in [0.25, 0.3) is 0 Å². The fourth-order valence-corrected chi connectivity index (χ4v) is 5.24. The Labute approximate surface area is 190 Å². The van der Waals surface area contributed by atoms with E-state index >= 15 is 0 Å². The lowest BCUT2D eigenvalue weighted by Gasteiger charge is -2.47. The number of nitrogens with zero attached hydrogens (tertiary/aromatic N) is 3. The zero-order chi connectivity index (χ0) is 18.9. The summed E-state index contributed by atoms with van der Waals surface area (Å²) in [6.07, 6.45) is 14.8. The highest BCUT2D eigenvalue weighted by Gasteiger charge is 2.36. The Morgan fingerprint density at radius 1 is 0.964 bits per heavy atom. The molecule has 3 rings (SSSR count). The van der Waals surface area contributed by atoms with Gasteiger partial charge in [0.05, 0.1) is 0 Å². The van der Waals surface area contributed by atoms with Gasteiger partial charge in [-0.25, -0.2) is 0 Å². The molecule has 0 aliphatic carbocycles. The van der Waals surface area contributed by atoms with Gasteiger partial charge in [0.25, 0.3) is 0 Å². The largest absolute Gasteiger partial charge is 0.357 e. The molecule has 0 radical (unpaired) electrons. The summed E-state index contributed by atoms with van der Waals surface area (Å²) in [4.78, 5) is 10.2. The van der Waals surface area contributed by atoms with E-state index in [0.29, 0.717) is 6.04 Å². The lowest BCUT2D eigenvalue weighted by atomic mass is 9.82. The third-order valence-electron chi connectivity index (χ3n) is 6.88. The molecule has 164 valence electrons. The number of guanidine groups is 1. The maximum Gasteiger partial charge on any atom is 0.191 e. The van der Waals surface area contributed by atoms with Gasteiger partial charge in [-0.1, -0.05) is 19.3 Å². The van der Waals surface area contributed by atoms with Gasteiger partial charge < -0.3 is 20.4 Å². The molecule has 6 heteroatoms. The molecule has 2 unspecified atom stereocenters. The van der Waals surface area contributed by atoms with Crippen LogP contribution >= 0.6 is 24.0 Å². The first kappa shape index (κ1) is 24.2. The zero-order valence-electron chi connectivity index (χ0n) is 18.3. The van der Waals surface area contributed by atoms with Crippen molar-refractivity contribution in [3.05, 3.63) is 0 Å². The molecule has 2 bridgehead atoms. The monoisotopic (exact) mass is 505 g/mol. The molecule has 3 aliphatic rings. The molecule has 28 heavy (non-hydrogen) atoms. The number of likely N-dealkylation sites (tertiary alicyclic amines) is 1. The average Bonchev–Trinajstić information content (AvgIpc) is 2.66. The van der Waals surface area contributed by atoms with Gasteiger partial charge in [0.1, 0.15) is 0 Å². The Morgan fingerprint density at radius 3 is 2.36 bits per heavy atom. The number of hydrogen-bond acceptors (Lipinski definition) is 3. The zero-order valence-corrected chi connectivity index (χ0v) is 20.6. The highest BCUT2D eigenvalue weighted by atomic mass is 127. The molecule has 0 amide bonds. The Kier molecular flexibility index (Phi) is 11.5. The van der Waals surface area contributed by atoms with E-state index in [0.717, 1.165) is 31.1 Å². The van der Waals surface area contributed by atoms with Gasteiger partial charge in [-0.15, -0.1) is 24.0 Å². The number of unbranched alkanes of at least 4 members (excludes halogenated alkanes) is 2. The second kappa shape index (κ2) is 13.3. The van der Waals surface area contributed by atoms with E-state index in [2.05, 4.69) is 34.4 Å². The predicted octanol–water partition coefficient (Wildman–Crippen LogP) is 3.83. The maximum atomic E-state index is 4.87. The van der Waals surface area contributed by atoms with Crippen molar-refractivity contribution >= 4 is 29.9 Å². The third-order valence-corrected chi connectivity index (χ3v) is 6.88. The summed E-state index contributed by atoms with van der Waals surface area (Å²) in [7, 11) is 2.33. The number of piperidine rings is 3. The number of halogens is 1. The summed E-state index contributed by atoms with van der Waals surface area (Å²) in [5.41, 5.74) is 0. The van der Waals surface area contributed by atoms with Gasteiger partial charge in [0.2, 0.25) is 0 Å². The number of aliphatic imine (C=N–C) groups is 1. The predicted molar refractivity (Wildman–Crippen MR) is 131 cm³/mol. The summed E-state index contributed by atoms with van der Waals surface area (Å²) in [6.45, 7) is 8.01. The minimum atomic E-state index is 0. The molecule has 3 fully saturated rings. The number of nitrogens with one attached hydrogen (secondary N) is 2. The molecule has 2 N–H and O–H groups in total. The number of fused-ring (bicyclic) bond motifs is 2. The van der Waals surface area contributed by atoms with E-state index in [1.54, 1.807) is 0 Å². The van der Waals surface area contributed by atoms with Crippen LogP contribution in [0.15, 0.2) is 4.99 Å². The average molecular weight is 506 g/mol. The molecular formula is C22H44IN5. The molecule has 0 aromatic rings. The van der Waals surface area contributed by atoms with Crippen LogP contribution in [-0.4, -0.2) is 73.7 Å². The maximum absolute atomic E-state index is 4.87. The topological polar surface area (TPSA) is 42.9 Å². The van der Waals surface area contributed by atoms with Crippen molar-refractivity contribution in [2.24, 2.45) is 4.99 Å². The second-order valence-electron chi connectivity index (χ2n) is 8.94. The van der Waals surface area contributed by atoms with E-state index in [1.807, 2.05) is 0 Å². The summed E-state index contributed by atoms with van der Waals surface area (Å²) >= 11 is 0. The van der Waals surface area contributed by atoms with Crippen molar-refractivity contribution in [3.63, 3.8) is 0 Å². The SMILES string of the molecule is CCNC(=NCCCCCN1CCCCC1)NC1CC2CCCC(C1)N2C.I. The molecule has 0 spiro atoms. The van der Waals surface area contributed by atoms with Gasteiger partial charge in [-0.05, 0) is 85.0 Å². The van der Waals surface area contributed by atoms with Crippen molar-refractivity contribution in [2.75, 3.05) is 39.8 Å². The van der Waals surface area contributed by atoms with Crippen LogP contribution in [0, 0.1) is 0 Å². The van der Waals surface area contributed by atoms with Crippen LogP contribution in [0.4, 0.5) is 0 Å². The van der Waals surface area contributed by atoms with Crippen LogP contribution in [0.5, 0.6) is 0 Å². The molecule has 3 heterocycles. The van der Waals surface area contributed by atoms with Crippen molar-refractivity contribution in [2.45, 2.75) is 95.7 Å². The van der Waals surface area contributed by atoms with Gasteiger partial charge in [0, 0.05) is 31.2 Å². The second-order valence-corrected chi connectivity index (χ2v) is 8.94.